The molecule has 2 aromatic rings. The molecule has 0 fully saturated rings. The minimum atomic E-state index is 1.10. The molecule has 1 aromatic carbocycles. The minimum Gasteiger partial charge on any atom is -0.335 e. The van der Waals surface area contributed by atoms with Gasteiger partial charge >= 0.3 is 0 Å². The molecule has 0 aliphatic heterocycles. The third-order valence-electron chi connectivity index (χ3n) is 7.91. The van der Waals surface area contributed by atoms with Gasteiger partial charge in [0, 0.05) is 19.2 Å². The summed E-state index contributed by atoms with van der Waals surface area (Å²) >= 11 is 0. The van der Waals surface area contributed by atoms with Crippen LogP contribution in [0.3, 0.4) is 0 Å². The van der Waals surface area contributed by atoms with E-state index in [2.05, 4.69) is 54.9 Å². The van der Waals surface area contributed by atoms with Gasteiger partial charge in [-0.3, -0.25) is 0 Å². The van der Waals surface area contributed by atoms with Crippen LogP contribution < -0.4 is 0 Å². The molecule has 0 spiro atoms. The van der Waals surface area contributed by atoms with Gasteiger partial charge in [-0.15, -0.1) is 0 Å². The van der Waals surface area contributed by atoms with Crippen LogP contribution in [0.25, 0.3) is 0 Å². The maximum Gasteiger partial charge on any atom is 0.108 e. The molecular formula is C35H60N2. The van der Waals surface area contributed by atoms with Gasteiger partial charge in [-0.25, -0.2) is 4.98 Å². The summed E-state index contributed by atoms with van der Waals surface area (Å²) in [6.07, 6.45) is 33.6. The van der Waals surface area contributed by atoms with Crippen molar-refractivity contribution < 1.29 is 0 Å². The zero-order valence-corrected chi connectivity index (χ0v) is 24.8. The van der Waals surface area contributed by atoms with E-state index >= 15 is 0 Å². The molecule has 0 N–H and O–H groups in total. The number of rotatable bonds is 25. The molecule has 0 unspecified atom stereocenters. The average molecular weight is 509 g/mol. The lowest BCUT2D eigenvalue weighted by Crippen LogP contribution is -2.03. The molecule has 37 heavy (non-hydrogen) atoms. The molecule has 2 nitrogen and oxygen atoms in total. The van der Waals surface area contributed by atoms with E-state index in [1.807, 2.05) is 0 Å². The van der Waals surface area contributed by atoms with E-state index in [9.17, 15) is 0 Å². The quantitative estimate of drug-likeness (QED) is 0.122. The van der Waals surface area contributed by atoms with Gasteiger partial charge in [-0.05, 0) is 37.7 Å². The molecule has 2 heteroatoms. The van der Waals surface area contributed by atoms with Crippen LogP contribution in [0.15, 0.2) is 36.5 Å². The van der Waals surface area contributed by atoms with Gasteiger partial charge in [-0.2, -0.15) is 0 Å². The molecule has 0 amide bonds. The Morgan fingerprint density at radius 1 is 0.514 bits per heavy atom. The van der Waals surface area contributed by atoms with Crippen molar-refractivity contribution >= 4 is 0 Å². The first kappa shape index (κ1) is 31.6. The van der Waals surface area contributed by atoms with Crippen molar-refractivity contribution in [1.29, 1.82) is 0 Å². The lowest BCUT2D eigenvalue weighted by atomic mass is 10.0. The summed E-state index contributed by atoms with van der Waals surface area (Å²) in [5, 5.41) is 0. The third kappa shape index (κ3) is 16.1. The summed E-state index contributed by atoms with van der Waals surface area (Å²) < 4.78 is 2.52. The molecule has 2 rings (SSSR count). The molecule has 0 saturated carbocycles. The first-order valence-corrected chi connectivity index (χ1v) is 16.4. The Kier molecular flexibility index (Phi) is 19.2. The van der Waals surface area contributed by atoms with E-state index in [1.165, 1.54) is 145 Å². The number of hydrogen-bond donors (Lipinski definition) is 0. The molecule has 0 aliphatic rings. The van der Waals surface area contributed by atoms with Crippen LogP contribution in [0, 0.1) is 0 Å². The fourth-order valence-electron chi connectivity index (χ4n) is 5.51. The number of aryl methyl sites for hydroxylation is 4. The Hall–Kier alpha value is -1.57. The maximum atomic E-state index is 5.12. The Morgan fingerprint density at radius 2 is 1.03 bits per heavy atom. The Bertz CT molecular complexity index is 748. The van der Waals surface area contributed by atoms with Gasteiger partial charge in [0.2, 0.25) is 0 Å². The normalized spacial score (nSPS) is 11.4. The van der Waals surface area contributed by atoms with Crippen LogP contribution in [0.5, 0.6) is 0 Å². The Labute approximate surface area is 231 Å². The highest BCUT2D eigenvalue weighted by Gasteiger charge is 2.08. The molecule has 1 aromatic heterocycles. The van der Waals surface area contributed by atoms with Crippen molar-refractivity contribution in [2.75, 3.05) is 0 Å². The van der Waals surface area contributed by atoms with E-state index < -0.39 is 0 Å². The predicted octanol–water partition coefficient (Wildman–Crippen LogP) is 11.1. The second-order valence-electron chi connectivity index (χ2n) is 11.4. The fraction of sp³-hybridized carbons (Fsp3) is 0.743. The van der Waals surface area contributed by atoms with E-state index in [-0.39, 0.29) is 0 Å². The van der Waals surface area contributed by atoms with Crippen LogP contribution >= 0.6 is 0 Å². The lowest BCUT2D eigenvalue weighted by molar-refractivity contribution is 0.518. The smallest absolute Gasteiger partial charge is 0.108 e. The summed E-state index contributed by atoms with van der Waals surface area (Å²) in [7, 11) is 0. The third-order valence-corrected chi connectivity index (χ3v) is 7.91. The number of hydrogen-bond acceptors (Lipinski definition) is 1. The second-order valence-corrected chi connectivity index (χ2v) is 11.4. The Morgan fingerprint density at radius 3 is 1.59 bits per heavy atom. The number of unbranched alkanes of at least 4 members (excludes halogenated alkanes) is 17. The van der Waals surface area contributed by atoms with Gasteiger partial charge in [0.25, 0.3) is 0 Å². The Balaban J connectivity index is 1.64. The van der Waals surface area contributed by atoms with Crippen LogP contribution in [0.4, 0.5) is 0 Å². The largest absolute Gasteiger partial charge is 0.335 e. The van der Waals surface area contributed by atoms with Gasteiger partial charge in [0.1, 0.15) is 5.82 Å². The van der Waals surface area contributed by atoms with Crippen LogP contribution in [-0.4, -0.2) is 9.55 Å². The zero-order valence-electron chi connectivity index (χ0n) is 24.8. The maximum absolute atomic E-state index is 5.12. The molecule has 0 atom stereocenters. The number of aromatic nitrogens is 2. The summed E-state index contributed by atoms with van der Waals surface area (Å²) in [4.78, 5) is 5.12. The van der Waals surface area contributed by atoms with Gasteiger partial charge < -0.3 is 4.57 Å². The first-order chi connectivity index (χ1) is 18.3. The number of imidazole rings is 1. The fourth-order valence-corrected chi connectivity index (χ4v) is 5.51. The molecule has 0 radical (unpaired) electrons. The van der Waals surface area contributed by atoms with Gasteiger partial charge in [0.05, 0.1) is 5.69 Å². The highest BCUT2D eigenvalue weighted by atomic mass is 15.1. The highest BCUT2D eigenvalue weighted by molar-refractivity contribution is 5.15. The minimum absolute atomic E-state index is 1.10. The van der Waals surface area contributed by atoms with Gasteiger partial charge in [-0.1, -0.05) is 153 Å². The molecule has 0 aliphatic carbocycles. The molecule has 210 valence electrons. The second kappa shape index (κ2) is 22.4. The van der Waals surface area contributed by atoms with Crippen molar-refractivity contribution in [2.24, 2.45) is 0 Å². The van der Waals surface area contributed by atoms with E-state index in [1.54, 1.807) is 0 Å². The molecule has 0 saturated heterocycles. The zero-order chi connectivity index (χ0) is 26.2. The monoisotopic (exact) mass is 508 g/mol. The van der Waals surface area contributed by atoms with Crippen LogP contribution in [-0.2, 0) is 25.8 Å². The van der Waals surface area contributed by atoms with Crippen molar-refractivity contribution in [3.8, 4) is 0 Å². The SMILES string of the molecule is CCCCCCCCCCCCCCCn1cc(CCCc2ccccc2)nc1CCCCCCCC. The van der Waals surface area contributed by atoms with Crippen molar-refractivity contribution in [3.05, 3.63) is 53.6 Å². The van der Waals surface area contributed by atoms with E-state index in [4.69, 9.17) is 4.98 Å². The van der Waals surface area contributed by atoms with Gasteiger partial charge in [0.15, 0.2) is 0 Å². The highest BCUT2D eigenvalue weighted by Crippen LogP contribution is 2.16. The van der Waals surface area contributed by atoms with E-state index in [0.29, 0.717) is 0 Å². The standard InChI is InChI=1S/C35H60N2/c1-3-5-7-9-11-12-13-14-15-16-17-19-24-31-37-32-34(29-25-28-33-26-21-20-22-27-33)36-35(37)30-23-18-10-8-6-4-2/h20-22,26-27,32H,3-19,23-25,28-31H2,1-2H3. The number of benzene rings is 1. The van der Waals surface area contributed by atoms with Crippen molar-refractivity contribution in [2.45, 2.75) is 168 Å². The van der Waals surface area contributed by atoms with Crippen LogP contribution in [0.1, 0.15) is 159 Å². The molecule has 1 heterocycles. The molecule has 0 bridgehead atoms. The topological polar surface area (TPSA) is 17.8 Å². The summed E-state index contributed by atoms with van der Waals surface area (Å²) in [5.41, 5.74) is 2.76. The van der Waals surface area contributed by atoms with Crippen molar-refractivity contribution in [1.82, 2.24) is 9.55 Å². The average Bonchev–Trinajstić information content (AvgIpc) is 3.31. The molecular weight excluding hydrogens is 448 g/mol. The lowest BCUT2D eigenvalue weighted by Gasteiger charge is -2.08. The summed E-state index contributed by atoms with van der Waals surface area (Å²) in [5.74, 6) is 1.35. The summed E-state index contributed by atoms with van der Waals surface area (Å²) in [6, 6.07) is 10.9. The van der Waals surface area contributed by atoms with Crippen molar-refractivity contribution in [3.63, 3.8) is 0 Å². The van der Waals surface area contributed by atoms with Crippen LogP contribution in [0.2, 0.25) is 0 Å². The van der Waals surface area contributed by atoms with E-state index in [0.717, 1.165) is 25.8 Å². The first-order valence-electron chi connectivity index (χ1n) is 16.4. The number of nitrogens with zero attached hydrogens (tertiary/aromatic N) is 2. The predicted molar refractivity (Wildman–Crippen MR) is 163 cm³/mol. The summed E-state index contributed by atoms with van der Waals surface area (Å²) in [6.45, 7) is 5.76.